The van der Waals surface area contributed by atoms with Gasteiger partial charge in [-0.2, -0.15) is 5.10 Å². The van der Waals surface area contributed by atoms with Gasteiger partial charge in [-0.25, -0.2) is 0 Å². The highest BCUT2D eigenvalue weighted by molar-refractivity contribution is 6.06. The summed E-state index contributed by atoms with van der Waals surface area (Å²) in [5.74, 6) is -0.606. The third-order valence-corrected chi connectivity index (χ3v) is 4.58. The summed E-state index contributed by atoms with van der Waals surface area (Å²) >= 11 is 0. The van der Waals surface area contributed by atoms with Gasteiger partial charge in [-0.15, -0.1) is 0 Å². The minimum absolute atomic E-state index is 0.0328. The summed E-state index contributed by atoms with van der Waals surface area (Å²) in [6, 6.07) is -0.0777. The Morgan fingerprint density at radius 2 is 1.38 bits per heavy atom. The number of nitrogens with one attached hydrogen (secondary N) is 2. The van der Waals surface area contributed by atoms with Crippen LogP contribution < -0.4 is 10.6 Å². The van der Waals surface area contributed by atoms with Gasteiger partial charge >= 0.3 is 0 Å². The Labute approximate surface area is 145 Å². The molecule has 0 bridgehead atoms. The van der Waals surface area contributed by atoms with Crippen LogP contribution in [0.3, 0.4) is 0 Å². The van der Waals surface area contributed by atoms with Gasteiger partial charge in [0, 0.05) is 25.3 Å². The maximum Gasteiger partial charge on any atom is 0.272 e. The molecule has 0 fully saturated rings. The van der Waals surface area contributed by atoms with Crippen LogP contribution in [0.2, 0.25) is 0 Å². The van der Waals surface area contributed by atoms with Crippen LogP contribution in [0.4, 0.5) is 0 Å². The molecule has 0 aliphatic carbocycles. The zero-order valence-corrected chi connectivity index (χ0v) is 16.4. The molecule has 2 atom stereocenters. The van der Waals surface area contributed by atoms with Crippen molar-refractivity contribution in [3.8, 4) is 0 Å². The smallest absolute Gasteiger partial charge is 0.272 e. The summed E-state index contributed by atoms with van der Waals surface area (Å²) in [7, 11) is 1.70. The first-order valence-corrected chi connectivity index (χ1v) is 8.39. The largest absolute Gasteiger partial charge is 0.349 e. The topological polar surface area (TPSA) is 76.0 Å². The fourth-order valence-electron chi connectivity index (χ4n) is 1.79. The van der Waals surface area contributed by atoms with E-state index in [0.717, 1.165) is 0 Å². The molecule has 0 spiro atoms. The van der Waals surface area contributed by atoms with Crippen LogP contribution in [0.5, 0.6) is 0 Å². The first-order valence-electron chi connectivity index (χ1n) is 8.39. The van der Waals surface area contributed by atoms with Gasteiger partial charge in [0.15, 0.2) is 5.69 Å². The van der Waals surface area contributed by atoms with Crippen LogP contribution >= 0.6 is 0 Å². The van der Waals surface area contributed by atoms with Crippen molar-refractivity contribution in [3.05, 3.63) is 17.5 Å². The fraction of sp³-hybridized carbons (Fsp3) is 0.722. The Morgan fingerprint density at radius 1 is 0.958 bits per heavy atom. The number of amides is 2. The lowest BCUT2D eigenvalue weighted by atomic mass is 9.87. The summed E-state index contributed by atoms with van der Waals surface area (Å²) < 4.78 is 1.49. The van der Waals surface area contributed by atoms with Crippen molar-refractivity contribution in [1.29, 1.82) is 0 Å². The Morgan fingerprint density at radius 3 is 1.79 bits per heavy atom. The van der Waals surface area contributed by atoms with Gasteiger partial charge in [0.05, 0.1) is 5.56 Å². The van der Waals surface area contributed by atoms with Crippen molar-refractivity contribution in [1.82, 2.24) is 20.4 Å². The zero-order chi connectivity index (χ0) is 18.9. The summed E-state index contributed by atoms with van der Waals surface area (Å²) in [6.45, 7) is 16.2. The molecule has 0 aliphatic rings. The van der Waals surface area contributed by atoms with Crippen molar-refractivity contribution >= 4 is 11.8 Å². The van der Waals surface area contributed by atoms with Crippen molar-refractivity contribution in [2.75, 3.05) is 0 Å². The molecule has 1 aromatic rings. The quantitative estimate of drug-likeness (QED) is 0.887. The highest BCUT2D eigenvalue weighted by Gasteiger charge is 2.28. The molecule has 136 valence electrons. The summed E-state index contributed by atoms with van der Waals surface area (Å²) in [5.41, 5.74) is 0.314. The molecule has 0 saturated heterocycles. The average Bonchev–Trinajstić information content (AvgIpc) is 2.78. The molecule has 0 aliphatic heterocycles. The molecular weight excluding hydrogens is 304 g/mol. The van der Waals surface area contributed by atoms with Crippen molar-refractivity contribution in [2.24, 2.45) is 17.9 Å². The Kier molecular flexibility index (Phi) is 5.85. The predicted octanol–water partition coefficient (Wildman–Crippen LogP) is 2.75. The summed E-state index contributed by atoms with van der Waals surface area (Å²) in [4.78, 5) is 25.1. The molecule has 24 heavy (non-hydrogen) atoms. The Bertz CT molecular complexity index is 554. The molecule has 2 N–H and O–H groups in total. The van der Waals surface area contributed by atoms with E-state index in [1.807, 2.05) is 13.8 Å². The number of hydrogen-bond donors (Lipinski definition) is 2. The van der Waals surface area contributed by atoms with E-state index in [9.17, 15) is 9.59 Å². The first-order chi connectivity index (χ1) is 10.7. The number of aryl methyl sites for hydroxylation is 1. The van der Waals surface area contributed by atoms with Crippen LogP contribution in [-0.2, 0) is 7.05 Å². The van der Waals surface area contributed by atoms with Crippen LogP contribution in [0.25, 0.3) is 0 Å². The van der Waals surface area contributed by atoms with Gasteiger partial charge in [0.1, 0.15) is 0 Å². The number of hydrogen-bond acceptors (Lipinski definition) is 3. The number of carbonyl (C=O) groups is 2. The minimum Gasteiger partial charge on any atom is -0.349 e. The molecule has 0 unspecified atom stereocenters. The van der Waals surface area contributed by atoms with E-state index in [1.54, 1.807) is 13.2 Å². The molecule has 2 amide bonds. The highest BCUT2D eigenvalue weighted by atomic mass is 16.2. The van der Waals surface area contributed by atoms with E-state index < -0.39 is 0 Å². The van der Waals surface area contributed by atoms with E-state index in [-0.39, 0.29) is 40.4 Å². The molecule has 0 aromatic carbocycles. The second kappa shape index (κ2) is 6.95. The van der Waals surface area contributed by atoms with Gasteiger partial charge in [-0.1, -0.05) is 41.5 Å². The number of carbonyl (C=O) groups excluding carboxylic acids is 2. The van der Waals surface area contributed by atoms with Gasteiger partial charge in [0.25, 0.3) is 11.8 Å². The van der Waals surface area contributed by atoms with E-state index in [0.29, 0.717) is 5.56 Å². The second-order valence-corrected chi connectivity index (χ2v) is 8.69. The third kappa shape index (κ3) is 5.08. The SMILES string of the molecule is C[C@H](NC(=O)c1cn(C)nc1C(=O)N[C@@H](C)C(C)(C)C)C(C)(C)C. The van der Waals surface area contributed by atoms with Gasteiger partial charge in [0.2, 0.25) is 0 Å². The second-order valence-electron chi connectivity index (χ2n) is 8.69. The normalized spacial score (nSPS) is 14.9. The first kappa shape index (κ1) is 20.2. The number of aromatic nitrogens is 2. The third-order valence-electron chi connectivity index (χ3n) is 4.58. The maximum atomic E-state index is 12.6. The Hall–Kier alpha value is -1.85. The molecule has 0 radical (unpaired) electrons. The summed E-state index contributed by atoms with van der Waals surface area (Å²) in [5, 5.41) is 10.1. The van der Waals surface area contributed by atoms with Gasteiger partial charge < -0.3 is 10.6 Å². The number of nitrogens with zero attached hydrogens (tertiary/aromatic N) is 2. The lowest BCUT2D eigenvalue weighted by molar-refractivity contribution is 0.0873. The van der Waals surface area contributed by atoms with Gasteiger partial charge in [-0.3, -0.25) is 14.3 Å². The van der Waals surface area contributed by atoms with E-state index in [2.05, 4.69) is 57.3 Å². The van der Waals surface area contributed by atoms with E-state index in [4.69, 9.17) is 0 Å². The molecule has 0 saturated carbocycles. The molecular formula is C18H32N4O2. The van der Waals surface area contributed by atoms with Crippen molar-refractivity contribution in [2.45, 2.75) is 67.5 Å². The van der Waals surface area contributed by atoms with Crippen molar-refractivity contribution < 1.29 is 9.59 Å². The van der Waals surface area contributed by atoms with Crippen LogP contribution in [0.1, 0.15) is 76.2 Å². The lowest BCUT2D eigenvalue weighted by Crippen LogP contribution is -2.43. The molecule has 1 aromatic heterocycles. The maximum absolute atomic E-state index is 12.6. The molecule has 6 heteroatoms. The molecule has 1 rings (SSSR count). The Balaban J connectivity index is 3.00. The fourth-order valence-corrected chi connectivity index (χ4v) is 1.79. The van der Waals surface area contributed by atoms with Gasteiger partial charge in [-0.05, 0) is 24.7 Å². The van der Waals surface area contributed by atoms with E-state index >= 15 is 0 Å². The van der Waals surface area contributed by atoms with Crippen LogP contribution in [0.15, 0.2) is 6.20 Å². The average molecular weight is 336 g/mol. The monoisotopic (exact) mass is 336 g/mol. The van der Waals surface area contributed by atoms with Crippen LogP contribution in [-0.4, -0.2) is 33.7 Å². The standard InChI is InChI=1S/C18H32N4O2/c1-11(17(3,4)5)19-15(23)13-10-22(9)21-14(13)16(24)20-12(2)18(6,7)8/h10-12H,1-9H3,(H,19,23)(H,20,24)/t11-,12-/m0/s1. The van der Waals surface area contributed by atoms with Crippen LogP contribution in [0, 0.1) is 10.8 Å². The molecule has 6 nitrogen and oxygen atoms in total. The zero-order valence-electron chi connectivity index (χ0n) is 16.4. The minimum atomic E-state index is -0.327. The summed E-state index contributed by atoms with van der Waals surface area (Å²) in [6.07, 6.45) is 1.58. The predicted molar refractivity (Wildman–Crippen MR) is 96.0 cm³/mol. The van der Waals surface area contributed by atoms with Crippen molar-refractivity contribution in [3.63, 3.8) is 0 Å². The lowest BCUT2D eigenvalue weighted by Gasteiger charge is -2.28. The van der Waals surface area contributed by atoms with E-state index in [1.165, 1.54) is 4.68 Å². The number of rotatable bonds is 4. The highest BCUT2D eigenvalue weighted by Crippen LogP contribution is 2.21. The molecule has 1 heterocycles.